The number of fused-ring (bicyclic) bond motifs is 1. The zero-order chi connectivity index (χ0) is 11.0. The molecule has 3 rings (SSSR count). The molecule has 1 N–H and O–H groups in total. The van der Waals surface area contributed by atoms with E-state index in [0.717, 1.165) is 24.6 Å². The Balaban J connectivity index is 1.76. The fraction of sp³-hybridized carbons (Fsp3) is 0.429. The summed E-state index contributed by atoms with van der Waals surface area (Å²) in [6.07, 6.45) is 5.67. The second-order valence-electron chi connectivity index (χ2n) is 4.74. The molecular weight excluding hydrogens is 198 g/mol. The van der Waals surface area contributed by atoms with Gasteiger partial charge in [0.1, 0.15) is 5.58 Å². The molecule has 2 heteroatoms. The van der Waals surface area contributed by atoms with Crippen LogP contribution in [0.3, 0.4) is 0 Å². The summed E-state index contributed by atoms with van der Waals surface area (Å²) < 4.78 is 5.55. The summed E-state index contributed by atoms with van der Waals surface area (Å²) >= 11 is 0. The lowest BCUT2D eigenvalue weighted by Crippen LogP contribution is -2.19. The maximum atomic E-state index is 5.55. The van der Waals surface area contributed by atoms with Gasteiger partial charge in [0.15, 0.2) is 0 Å². The molecule has 0 atom stereocenters. The minimum absolute atomic E-state index is 0.792. The first kappa shape index (κ1) is 9.91. The van der Waals surface area contributed by atoms with Crippen LogP contribution in [0.5, 0.6) is 0 Å². The Morgan fingerprint density at radius 3 is 3.06 bits per heavy atom. The lowest BCUT2D eigenvalue weighted by atomic mass is 10.1. The standard InChI is InChI=1S/C14H17NO/c1-10-2-5-14-13(8-10)11(9-16-14)6-7-15-12-3-4-12/h2,5,8-9,12,15H,3-4,6-7H2,1H3. The maximum Gasteiger partial charge on any atom is 0.134 e. The largest absolute Gasteiger partial charge is 0.464 e. The van der Waals surface area contributed by atoms with E-state index >= 15 is 0 Å². The second kappa shape index (κ2) is 3.95. The number of furan rings is 1. The van der Waals surface area contributed by atoms with Crippen LogP contribution in [0.15, 0.2) is 28.9 Å². The third-order valence-electron chi connectivity index (χ3n) is 3.21. The van der Waals surface area contributed by atoms with Crippen LogP contribution in [-0.4, -0.2) is 12.6 Å². The zero-order valence-corrected chi connectivity index (χ0v) is 9.62. The molecular formula is C14H17NO. The Labute approximate surface area is 95.6 Å². The summed E-state index contributed by atoms with van der Waals surface area (Å²) in [5.74, 6) is 0. The Bertz CT molecular complexity index is 496. The molecule has 84 valence electrons. The molecule has 0 saturated heterocycles. The van der Waals surface area contributed by atoms with E-state index in [9.17, 15) is 0 Å². The predicted octanol–water partition coefficient (Wildman–Crippen LogP) is 3.04. The van der Waals surface area contributed by atoms with E-state index < -0.39 is 0 Å². The molecule has 1 aliphatic carbocycles. The highest BCUT2D eigenvalue weighted by Gasteiger charge is 2.19. The van der Waals surface area contributed by atoms with Crippen molar-refractivity contribution in [2.45, 2.75) is 32.2 Å². The molecule has 1 aromatic heterocycles. The first-order valence-corrected chi connectivity index (χ1v) is 6.03. The van der Waals surface area contributed by atoms with Gasteiger partial charge in [-0.15, -0.1) is 0 Å². The molecule has 1 saturated carbocycles. The highest BCUT2D eigenvalue weighted by Crippen LogP contribution is 2.23. The normalized spacial score (nSPS) is 15.8. The molecule has 0 aliphatic heterocycles. The third kappa shape index (κ3) is 1.98. The Morgan fingerprint density at radius 2 is 2.25 bits per heavy atom. The van der Waals surface area contributed by atoms with Gasteiger partial charge < -0.3 is 9.73 Å². The quantitative estimate of drug-likeness (QED) is 0.848. The van der Waals surface area contributed by atoms with Crippen molar-refractivity contribution in [1.82, 2.24) is 5.32 Å². The summed E-state index contributed by atoms with van der Waals surface area (Å²) in [7, 11) is 0. The van der Waals surface area contributed by atoms with Gasteiger partial charge >= 0.3 is 0 Å². The summed E-state index contributed by atoms with van der Waals surface area (Å²) in [5.41, 5.74) is 3.63. The highest BCUT2D eigenvalue weighted by molar-refractivity contribution is 5.81. The van der Waals surface area contributed by atoms with E-state index in [1.807, 2.05) is 6.26 Å². The molecule has 1 aromatic carbocycles. The first-order valence-electron chi connectivity index (χ1n) is 6.03. The summed E-state index contributed by atoms with van der Waals surface area (Å²) in [6.45, 7) is 3.19. The van der Waals surface area contributed by atoms with Crippen LogP contribution in [0.4, 0.5) is 0 Å². The summed E-state index contributed by atoms with van der Waals surface area (Å²) in [4.78, 5) is 0. The first-order chi connectivity index (χ1) is 7.83. The van der Waals surface area contributed by atoms with Crippen LogP contribution in [-0.2, 0) is 6.42 Å². The van der Waals surface area contributed by atoms with Crippen LogP contribution in [0.1, 0.15) is 24.0 Å². The zero-order valence-electron chi connectivity index (χ0n) is 9.62. The number of hydrogen-bond acceptors (Lipinski definition) is 2. The van der Waals surface area contributed by atoms with E-state index in [4.69, 9.17) is 4.42 Å². The average molecular weight is 215 g/mol. The third-order valence-corrected chi connectivity index (χ3v) is 3.21. The fourth-order valence-corrected chi connectivity index (χ4v) is 2.09. The van der Waals surface area contributed by atoms with Crippen LogP contribution < -0.4 is 5.32 Å². The van der Waals surface area contributed by atoms with E-state index in [1.54, 1.807) is 0 Å². The van der Waals surface area contributed by atoms with Crippen LogP contribution in [0, 0.1) is 6.92 Å². The van der Waals surface area contributed by atoms with Gasteiger partial charge in [-0.25, -0.2) is 0 Å². The van der Waals surface area contributed by atoms with Gasteiger partial charge in [0, 0.05) is 11.4 Å². The smallest absolute Gasteiger partial charge is 0.134 e. The van der Waals surface area contributed by atoms with E-state index in [1.165, 1.54) is 29.4 Å². The number of benzene rings is 1. The van der Waals surface area contributed by atoms with Crippen molar-refractivity contribution in [3.8, 4) is 0 Å². The van der Waals surface area contributed by atoms with Gasteiger partial charge in [-0.3, -0.25) is 0 Å². The van der Waals surface area contributed by atoms with Gasteiger partial charge in [0.2, 0.25) is 0 Å². The highest BCUT2D eigenvalue weighted by atomic mass is 16.3. The van der Waals surface area contributed by atoms with Crippen LogP contribution >= 0.6 is 0 Å². The summed E-state index contributed by atoms with van der Waals surface area (Å²) in [6, 6.07) is 7.16. The van der Waals surface area contributed by atoms with Crippen LogP contribution in [0.2, 0.25) is 0 Å². The molecule has 0 amide bonds. The van der Waals surface area contributed by atoms with Gasteiger partial charge in [-0.1, -0.05) is 11.6 Å². The lowest BCUT2D eigenvalue weighted by Gasteiger charge is -2.01. The topological polar surface area (TPSA) is 25.2 Å². The van der Waals surface area contributed by atoms with Crippen LogP contribution in [0.25, 0.3) is 11.0 Å². The number of aryl methyl sites for hydroxylation is 1. The molecule has 1 heterocycles. The Hall–Kier alpha value is -1.28. The molecule has 2 aromatic rings. The van der Waals surface area contributed by atoms with Crippen molar-refractivity contribution in [2.75, 3.05) is 6.54 Å². The minimum atomic E-state index is 0.792. The lowest BCUT2D eigenvalue weighted by molar-refractivity contribution is 0.605. The Kier molecular flexibility index (Phi) is 2.44. The van der Waals surface area contributed by atoms with Crippen molar-refractivity contribution in [3.05, 3.63) is 35.6 Å². The molecule has 0 bridgehead atoms. The molecule has 1 aliphatic rings. The molecule has 16 heavy (non-hydrogen) atoms. The minimum Gasteiger partial charge on any atom is -0.464 e. The van der Waals surface area contributed by atoms with Crippen molar-refractivity contribution in [2.24, 2.45) is 0 Å². The van der Waals surface area contributed by atoms with Gasteiger partial charge in [-0.2, -0.15) is 0 Å². The number of rotatable bonds is 4. The maximum absolute atomic E-state index is 5.55. The summed E-state index contributed by atoms with van der Waals surface area (Å²) in [5, 5.41) is 4.81. The Morgan fingerprint density at radius 1 is 1.38 bits per heavy atom. The predicted molar refractivity (Wildman–Crippen MR) is 65.7 cm³/mol. The average Bonchev–Trinajstić information content (AvgIpc) is 3.01. The SMILES string of the molecule is Cc1ccc2occ(CCNC3CC3)c2c1. The van der Waals surface area contributed by atoms with Gasteiger partial charge in [0.25, 0.3) is 0 Å². The molecule has 0 spiro atoms. The van der Waals surface area contributed by atoms with Gasteiger partial charge in [-0.05, 0) is 50.4 Å². The molecule has 1 fully saturated rings. The molecule has 0 unspecified atom stereocenters. The molecule has 2 nitrogen and oxygen atoms in total. The van der Waals surface area contributed by atoms with Gasteiger partial charge in [0.05, 0.1) is 6.26 Å². The van der Waals surface area contributed by atoms with Crippen molar-refractivity contribution >= 4 is 11.0 Å². The fourth-order valence-electron chi connectivity index (χ4n) is 2.09. The second-order valence-corrected chi connectivity index (χ2v) is 4.74. The number of hydrogen-bond donors (Lipinski definition) is 1. The number of nitrogens with one attached hydrogen (secondary N) is 1. The molecule has 0 radical (unpaired) electrons. The van der Waals surface area contributed by atoms with Crippen molar-refractivity contribution in [3.63, 3.8) is 0 Å². The van der Waals surface area contributed by atoms with E-state index in [-0.39, 0.29) is 0 Å². The van der Waals surface area contributed by atoms with E-state index in [2.05, 4.69) is 30.4 Å². The van der Waals surface area contributed by atoms with E-state index in [0.29, 0.717) is 0 Å². The monoisotopic (exact) mass is 215 g/mol. The van der Waals surface area contributed by atoms with Crippen molar-refractivity contribution in [1.29, 1.82) is 0 Å². The van der Waals surface area contributed by atoms with Crippen molar-refractivity contribution < 1.29 is 4.42 Å².